The van der Waals surface area contributed by atoms with Gasteiger partial charge in [0.05, 0.1) is 18.9 Å². The highest BCUT2D eigenvalue weighted by molar-refractivity contribution is 5.88. The second-order valence-corrected chi connectivity index (χ2v) is 7.81. The van der Waals surface area contributed by atoms with E-state index in [1.54, 1.807) is 12.1 Å². The minimum absolute atomic E-state index is 0.153. The van der Waals surface area contributed by atoms with E-state index in [1.807, 2.05) is 4.90 Å². The van der Waals surface area contributed by atoms with E-state index in [-0.39, 0.29) is 43.5 Å². The van der Waals surface area contributed by atoms with Crippen molar-refractivity contribution >= 4 is 23.7 Å². The van der Waals surface area contributed by atoms with Gasteiger partial charge in [-0.3, -0.25) is 0 Å². The number of oxime groups is 1. The van der Waals surface area contributed by atoms with Crippen LogP contribution in [0.15, 0.2) is 40.7 Å². The van der Waals surface area contributed by atoms with Gasteiger partial charge in [-0.1, -0.05) is 23.4 Å². The number of carbonyl (C=O) groups is 1. The molecular weight excluding hydrogens is 461 g/mol. The summed E-state index contributed by atoms with van der Waals surface area (Å²) in [7, 11) is 0. The first-order valence-electron chi connectivity index (χ1n) is 10.9. The lowest BCUT2D eigenvalue weighted by molar-refractivity contribution is 0.0478. The Balaban J connectivity index is 1.59. The van der Waals surface area contributed by atoms with E-state index >= 15 is 0 Å². The second-order valence-electron chi connectivity index (χ2n) is 7.81. The number of benzene rings is 1. The highest BCUT2D eigenvalue weighted by Gasteiger charge is 2.19. The van der Waals surface area contributed by atoms with Crippen molar-refractivity contribution in [1.29, 1.82) is 0 Å². The number of aromatic nitrogens is 2. The average molecular weight is 490 g/mol. The number of nitrogens with two attached hydrogens (primary N) is 2. The van der Waals surface area contributed by atoms with Crippen molar-refractivity contribution in [3.63, 3.8) is 0 Å². The summed E-state index contributed by atoms with van der Waals surface area (Å²) in [6.45, 7) is 0.760. The molecule has 6 N–H and O–H groups in total. The van der Waals surface area contributed by atoms with Crippen molar-refractivity contribution in [2.75, 3.05) is 37.8 Å². The molecule has 0 bridgehead atoms. The Hall–Kier alpha value is -3.84. The zero-order chi connectivity index (χ0) is 25.2. The lowest BCUT2D eigenvalue weighted by Gasteiger charge is -2.27. The largest absolute Gasteiger partial charge is 0.443 e. The van der Waals surface area contributed by atoms with Gasteiger partial charge in [-0.05, 0) is 0 Å². The molecule has 2 heterocycles. The van der Waals surface area contributed by atoms with Crippen LogP contribution in [0.1, 0.15) is 18.4 Å². The topological polar surface area (TPSA) is 182 Å². The van der Waals surface area contributed by atoms with Crippen molar-refractivity contribution in [3.05, 3.63) is 42.0 Å². The highest BCUT2D eigenvalue weighted by Crippen LogP contribution is 2.26. The summed E-state index contributed by atoms with van der Waals surface area (Å²) in [6, 6.07) is 4.70. The molecule has 1 amide bonds. The minimum atomic E-state index is -1.01. The zero-order valence-corrected chi connectivity index (χ0v) is 19.0. The number of carbonyl (C=O) groups excluding carboxylic acids is 1. The third-order valence-electron chi connectivity index (χ3n) is 5.24. The maximum atomic E-state index is 15.0. The van der Waals surface area contributed by atoms with Crippen LogP contribution in [-0.4, -0.2) is 70.9 Å². The van der Waals surface area contributed by atoms with Crippen molar-refractivity contribution in [2.45, 2.75) is 19.4 Å². The first-order valence-corrected chi connectivity index (χ1v) is 10.9. The molecule has 0 saturated carbocycles. The maximum absolute atomic E-state index is 15.0. The Bertz CT molecular complexity index is 1050. The normalized spacial score (nSPS) is 13.5. The summed E-state index contributed by atoms with van der Waals surface area (Å²) in [5.74, 6) is -0.847. The number of hydrogen-bond acceptors (Lipinski definition) is 9. The predicted octanol–water partition coefficient (Wildman–Crippen LogP) is 0.766. The molecule has 12 nitrogen and oxygen atoms in total. The van der Waals surface area contributed by atoms with Crippen molar-refractivity contribution in [3.8, 4) is 11.1 Å². The van der Waals surface area contributed by atoms with Gasteiger partial charge in [-0.2, -0.15) is 0 Å². The monoisotopic (exact) mass is 489 g/mol. The van der Waals surface area contributed by atoms with E-state index in [0.717, 1.165) is 5.71 Å². The first kappa shape index (κ1) is 25.8. The molecule has 1 aliphatic rings. The van der Waals surface area contributed by atoms with Crippen LogP contribution in [0.25, 0.3) is 11.1 Å². The summed E-state index contributed by atoms with van der Waals surface area (Å²) in [5, 5.41) is 22.2. The SMILES string of the molecule is NC(N)=NC(=O)OCc1cccc(-c2cnc(N3CCC(=NOCC(CO)CO)CC3)nc2)c1F. The lowest BCUT2D eigenvalue weighted by Crippen LogP contribution is -2.35. The Morgan fingerprint density at radius 3 is 2.49 bits per heavy atom. The standard InChI is InChI=1S/C22H28FN7O5/c23-19-15(13-34-22(33)28-20(24)25)2-1-3-18(19)16-8-26-21(27-9-16)30-6-4-17(5-7-30)29-35-12-14(10-31)11-32/h1-3,8-9,14,31-32H,4-7,10-13H2,(H4,24,25,28,33). The van der Waals surface area contributed by atoms with Gasteiger partial charge >= 0.3 is 6.09 Å². The van der Waals surface area contributed by atoms with Gasteiger partial charge in [0.1, 0.15) is 19.0 Å². The zero-order valence-electron chi connectivity index (χ0n) is 19.0. The lowest BCUT2D eigenvalue weighted by atomic mass is 10.1. The van der Waals surface area contributed by atoms with E-state index in [4.69, 9.17) is 31.3 Å². The number of aliphatic hydroxyl groups excluding tert-OH is 2. The fourth-order valence-corrected chi connectivity index (χ4v) is 3.27. The number of hydrogen-bond donors (Lipinski definition) is 4. The van der Waals surface area contributed by atoms with Crippen molar-refractivity contribution in [2.24, 2.45) is 27.5 Å². The Morgan fingerprint density at radius 2 is 1.86 bits per heavy atom. The fourth-order valence-electron chi connectivity index (χ4n) is 3.27. The van der Waals surface area contributed by atoms with Crippen LogP contribution in [0, 0.1) is 11.7 Å². The van der Waals surface area contributed by atoms with Gasteiger partial charge in [0, 0.05) is 60.9 Å². The molecule has 0 atom stereocenters. The van der Waals surface area contributed by atoms with Gasteiger partial charge in [-0.15, -0.1) is 4.99 Å². The molecule has 0 unspecified atom stereocenters. The molecule has 1 fully saturated rings. The summed E-state index contributed by atoms with van der Waals surface area (Å²) in [6.07, 6.45) is 3.37. The predicted molar refractivity (Wildman–Crippen MR) is 126 cm³/mol. The van der Waals surface area contributed by atoms with Crippen molar-refractivity contribution < 1.29 is 29.0 Å². The van der Waals surface area contributed by atoms with Crippen LogP contribution >= 0.6 is 0 Å². The molecule has 3 rings (SSSR count). The average Bonchev–Trinajstić information content (AvgIpc) is 2.86. The number of nitrogens with zero attached hydrogens (tertiary/aromatic N) is 5. The molecule has 0 radical (unpaired) electrons. The molecule has 0 aliphatic carbocycles. The van der Waals surface area contributed by atoms with E-state index in [1.165, 1.54) is 18.5 Å². The number of amides is 1. The molecule has 1 aliphatic heterocycles. The van der Waals surface area contributed by atoms with Gasteiger partial charge in [0.15, 0.2) is 5.96 Å². The number of guanidine groups is 1. The second kappa shape index (κ2) is 12.6. The number of anilines is 1. The first-order chi connectivity index (χ1) is 16.9. The number of rotatable bonds is 9. The van der Waals surface area contributed by atoms with E-state index in [9.17, 15) is 9.18 Å². The molecule has 13 heteroatoms. The van der Waals surface area contributed by atoms with E-state index in [0.29, 0.717) is 37.4 Å². The number of halogens is 1. The maximum Gasteiger partial charge on any atom is 0.437 e. The molecule has 35 heavy (non-hydrogen) atoms. The van der Waals surface area contributed by atoms with Crippen LogP contribution < -0.4 is 16.4 Å². The molecule has 1 aromatic heterocycles. The van der Waals surface area contributed by atoms with Gasteiger partial charge in [0.2, 0.25) is 5.95 Å². The molecule has 2 aromatic rings. The van der Waals surface area contributed by atoms with Gasteiger partial charge in [0.25, 0.3) is 0 Å². The molecule has 1 aromatic carbocycles. The number of piperidine rings is 1. The Morgan fingerprint density at radius 1 is 1.17 bits per heavy atom. The summed E-state index contributed by atoms with van der Waals surface area (Å²) >= 11 is 0. The highest BCUT2D eigenvalue weighted by atomic mass is 19.1. The fraction of sp³-hybridized carbons (Fsp3) is 0.409. The van der Waals surface area contributed by atoms with Crippen LogP contribution in [-0.2, 0) is 16.2 Å². The minimum Gasteiger partial charge on any atom is -0.443 e. The summed E-state index contributed by atoms with van der Waals surface area (Å²) in [4.78, 5) is 30.7. The third kappa shape index (κ3) is 7.32. The molecule has 188 valence electrons. The molecular formula is C22H28FN7O5. The Labute approximate surface area is 201 Å². The van der Waals surface area contributed by atoms with Crippen LogP contribution in [0.4, 0.5) is 15.1 Å². The smallest absolute Gasteiger partial charge is 0.437 e. The quantitative estimate of drug-likeness (QED) is 0.223. The summed E-state index contributed by atoms with van der Waals surface area (Å²) < 4.78 is 19.8. The van der Waals surface area contributed by atoms with Crippen LogP contribution in [0.5, 0.6) is 0 Å². The number of aliphatic hydroxyl groups is 2. The summed E-state index contributed by atoms with van der Waals surface area (Å²) in [5.41, 5.74) is 12.0. The van der Waals surface area contributed by atoms with Gasteiger partial charge in [-0.25, -0.2) is 19.2 Å². The van der Waals surface area contributed by atoms with E-state index in [2.05, 4.69) is 20.1 Å². The molecule has 1 saturated heterocycles. The van der Waals surface area contributed by atoms with E-state index < -0.39 is 17.9 Å². The number of aliphatic imine (C=N–C) groups is 1. The molecule has 0 spiro atoms. The van der Waals surface area contributed by atoms with Crippen molar-refractivity contribution in [1.82, 2.24) is 9.97 Å². The number of ether oxygens (including phenoxy) is 1. The third-order valence-corrected chi connectivity index (χ3v) is 5.24. The van der Waals surface area contributed by atoms with Crippen LogP contribution in [0.3, 0.4) is 0 Å². The Kier molecular flexibility index (Phi) is 9.26. The van der Waals surface area contributed by atoms with Gasteiger partial charge < -0.3 is 36.2 Å². The van der Waals surface area contributed by atoms with Crippen LogP contribution in [0.2, 0.25) is 0 Å².